The Morgan fingerprint density at radius 3 is 2.17 bits per heavy atom. The lowest BCUT2D eigenvalue weighted by Gasteiger charge is -2.03. The van der Waals surface area contributed by atoms with Gasteiger partial charge < -0.3 is 4.74 Å². The number of hydrogen-bond donors (Lipinski definition) is 0. The number of ether oxygens (including phenoxy) is 1. The van der Waals surface area contributed by atoms with Crippen LogP contribution < -0.4 is 4.74 Å². The van der Waals surface area contributed by atoms with E-state index in [0.29, 0.717) is 11.6 Å². The Labute approximate surface area is 105 Å². The summed E-state index contributed by atoms with van der Waals surface area (Å²) in [6.45, 7) is 0. The molecule has 1 aromatic carbocycles. The minimum atomic E-state index is -3.17. The fourth-order valence-corrected chi connectivity index (χ4v) is 2.07. The van der Waals surface area contributed by atoms with Gasteiger partial charge in [0.05, 0.1) is 30.1 Å². The van der Waals surface area contributed by atoms with Crippen LogP contribution in [0.25, 0.3) is 11.3 Å². The molecule has 0 N–H and O–H groups in total. The number of hydrogen-bond acceptors (Lipinski definition) is 5. The molecule has 0 aliphatic rings. The van der Waals surface area contributed by atoms with E-state index in [1.54, 1.807) is 30.5 Å². The fourth-order valence-electron chi connectivity index (χ4n) is 1.44. The Bertz CT molecular complexity index is 634. The summed E-state index contributed by atoms with van der Waals surface area (Å²) in [4.78, 5) is 8.50. The van der Waals surface area contributed by atoms with E-state index >= 15 is 0 Å². The van der Waals surface area contributed by atoms with Gasteiger partial charge in [-0.3, -0.25) is 0 Å². The summed E-state index contributed by atoms with van der Waals surface area (Å²) >= 11 is 0. The van der Waals surface area contributed by atoms with Crippen molar-refractivity contribution in [3.05, 3.63) is 36.7 Å². The second-order valence-electron chi connectivity index (χ2n) is 3.74. The maximum Gasteiger partial charge on any atom is 0.232 e. The fraction of sp³-hybridized carbons (Fsp3) is 0.167. The van der Waals surface area contributed by atoms with E-state index in [0.717, 1.165) is 5.56 Å². The zero-order valence-electron chi connectivity index (χ0n) is 9.99. The van der Waals surface area contributed by atoms with Gasteiger partial charge >= 0.3 is 0 Å². The number of aromatic nitrogens is 2. The Balaban J connectivity index is 2.34. The number of methoxy groups -OCH3 is 1. The third-order valence-corrected chi connectivity index (χ3v) is 3.54. The van der Waals surface area contributed by atoms with Gasteiger partial charge in [-0.25, -0.2) is 18.4 Å². The average molecular weight is 264 g/mol. The summed E-state index contributed by atoms with van der Waals surface area (Å²) in [6.07, 6.45) is 4.27. The van der Waals surface area contributed by atoms with Crippen molar-refractivity contribution in [1.29, 1.82) is 0 Å². The molecule has 0 aliphatic carbocycles. The third kappa shape index (κ3) is 2.65. The Morgan fingerprint density at radius 1 is 1.06 bits per heavy atom. The van der Waals surface area contributed by atoms with Crippen LogP contribution in [0.1, 0.15) is 0 Å². The summed E-state index contributed by atoms with van der Waals surface area (Å²) in [5, 5.41) is 0. The highest BCUT2D eigenvalue weighted by Crippen LogP contribution is 2.19. The van der Waals surface area contributed by atoms with Crippen LogP contribution in [0.5, 0.6) is 5.88 Å². The molecule has 0 radical (unpaired) electrons. The van der Waals surface area contributed by atoms with Crippen LogP contribution in [-0.2, 0) is 9.84 Å². The molecule has 0 aliphatic heterocycles. The van der Waals surface area contributed by atoms with Gasteiger partial charge in [-0.15, -0.1) is 0 Å². The molecule has 0 saturated heterocycles. The van der Waals surface area contributed by atoms with Gasteiger partial charge in [0, 0.05) is 11.8 Å². The van der Waals surface area contributed by atoms with Crippen molar-refractivity contribution in [3.63, 3.8) is 0 Å². The molecule has 0 fully saturated rings. The molecule has 1 aromatic heterocycles. The van der Waals surface area contributed by atoms with E-state index in [4.69, 9.17) is 4.74 Å². The number of benzene rings is 1. The first kappa shape index (κ1) is 12.5. The first-order valence-corrected chi connectivity index (χ1v) is 7.06. The lowest BCUT2D eigenvalue weighted by atomic mass is 10.2. The highest BCUT2D eigenvalue weighted by Gasteiger charge is 2.07. The van der Waals surface area contributed by atoms with E-state index in [2.05, 4.69) is 9.97 Å². The number of sulfone groups is 1. The van der Waals surface area contributed by atoms with Crippen LogP contribution in [0.4, 0.5) is 0 Å². The third-order valence-electron chi connectivity index (χ3n) is 2.42. The first-order chi connectivity index (χ1) is 8.50. The van der Waals surface area contributed by atoms with Crippen molar-refractivity contribution in [1.82, 2.24) is 9.97 Å². The van der Waals surface area contributed by atoms with Crippen molar-refractivity contribution < 1.29 is 13.2 Å². The Morgan fingerprint density at radius 2 is 1.72 bits per heavy atom. The van der Waals surface area contributed by atoms with Crippen molar-refractivity contribution >= 4 is 9.84 Å². The molecule has 6 heteroatoms. The zero-order chi connectivity index (χ0) is 13.2. The van der Waals surface area contributed by atoms with Crippen molar-refractivity contribution in [2.24, 2.45) is 0 Å². The van der Waals surface area contributed by atoms with Crippen LogP contribution in [0.3, 0.4) is 0 Å². The average Bonchev–Trinajstić information content (AvgIpc) is 2.38. The molecule has 5 nitrogen and oxygen atoms in total. The molecular weight excluding hydrogens is 252 g/mol. The molecule has 0 amide bonds. The van der Waals surface area contributed by atoms with Gasteiger partial charge in [0.25, 0.3) is 0 Å². The Hall–Kier alpha value is -1.95. The smallest absolute Gasteiger partial charge is 0.232 e. The monoisotopic (exact) mass is 264 g/mol. The van der Waals surface area contributed by atoms with E-state index in [-0.39, 0.29) is 4.90 Å². The van der Waals surface area contributed by atoms with Crippen LogP contribution in [-0.4, -0.2) is 31.8 Å². The van der Waals surface area contributed by atoms with Gasteiger partial charge in [-0.05, 0) is 12.1 Å². The minimum absolute atomic E-state index is 0.285. The van der Waals surface area contributed by atoms with Crippen molar-refractivity contribution in [3.8, 4) is 17.1 Å². The number of nitrogens with zero attached hydrogens (tertiary/aromatic N) is 2. The predicted octanol–water partition coefficient (Wildman–Crippen LogP) is 1.56. The van der Waals surface area contributed by atoms with Crippen LogP contribution >= 0.6 is 0 Å². The summed E-state index contributed by atoms with van der Waals surface area (Å²) in [5.74, 6) is 0.437. The highest BCUT2D eigenvalue weighted by atomic mass is 32.2. The molecule has 0 saturated carbocycles. The molecular formula is C12H12N2O3S. The van der Waals surface area contributed by atoms with Gasteiger partial charge in [0.2, 0.25) is 5.88 Å². The van der Waals surface area contributed by atoms with E-state index in [9.17, 15) is 8.42 Å². The molecule has 0 spiro atoms. The standard InChI is InChI=1S/C12H12N2O3S/c1-17-12-8-13-11(7-14-12)9-3-5-10(6-4-9)18(2,15)16/h3-8H,1-2H3. The van der Waals surface area contributed by atoms with Crippen LogP contribution in [0.2, 0.25) is 0 Å². The second-order valence-corrected chi connectivity index (χ2v) is 5.76. The first-order valence-electron chi connectivity index (χ1n) is 5.17. The summed E-state index contributed by atoms with van der Waals surface area (Å²) in [7, 11) is -1.65. The van der Waals surface area contributed by atoms with E-state index in [1.807, 2.05) is 0 Å². The topological polar surface area (TPSA) is 69.2 Å². The Kier molecular flexibility index (Phi) is 3.29. The largest absolute Gasteiger partial charge is 0.480 e. The van der Waals surface area contributed by atoms with Crippen molar-refractivity contribution in [2.45, 2.75) is 4.90 Å². The summed E-state index contributed by atoms with van der Waals surface area (Å²) < 4.78 is 27.6. The lowest BCUT2D eigenvalue weighted by molar-refractivity contribution is 0.396. The van der Waals surface area contributed by atoms with Crippen molar-refractivity contribution in [2.75, 3.05) is 13.4 Å². The van der Waals surface area contributed by atoms with E-state index < -0.39 is 9.84 Å². The number of rotatable bonds is 3. The predicted molar refractivity (Wildman–Crippen MR) is 67.1 cm³/mol. The van der Waals surface area contributed by atoms with Gasteiger partial charge in [-0.1, -0.05) is 12.1 Å². The van der Waals surface area contributed by atoms with Gasteiger partial charge in [0.1, 0.15) is 0 Å². The highest BCUT2D eigenvalue weighted by molar-refractivity contribution is 7.90. The molecule has 0 atom stereocenters. The van der Waals surface area contributed by atoms with Crippen LogP contribution in [0.15, 0.2) is 41.6 Å². The molecule has 0 bridgehead atoms. The molecule has 2 aromatic rings. The minimum Gasteiger partial charge on any atom is -0.480 e. The van der Waals surface area contributed by atoms with Gasteiger partial charge in [-0.2, -0.15) is 0 Å². The summed E-state index contributed by atoms with van der Waals surface area (Å²) in [5.41, 5.74) is 1.47. The molecule has 1 heterocycles. The molecule has 2 rings (SSSR count). The quantitative estimate of drug-likeness (QED) is 0.841. The maximum absolute atomic E-state index is 11.3. The van der Waals surface area contributed by atoms with E-state index in [1.165, 1.54) is 19.6 Å². The molecule has 18 heavy (non-hydrogen) atoms. The lowest BCUT2D eigenvalue weighted by Crippen LogP contribution is -1.96. The zero-order valence-corrected chi connectivity index (χ0v) is 10.8. The molecule has 0 unspecified atom stereocenters. The maximum atomic E-state index is 11.3. The van der Waals surface area contributed by atoms with Gasteiger partial charge in [0.15, 0.2) is 9.84 Å². The van der Waals surface area contributed by atoms with Crippen LogP contribution in [0, 0.1) is 0 Å². The second kappa shape index (κ2) is 4.73. The normalized spacial score (nSPS) is 11.2. The SMILES string of the molecule is COc1cnc(-c2ccc(S(C)(=O)=O)cc2)cn1. The summed E-state index contributed by atoms with van der Waals surface area (Å²) in [6, 6.07) is 6.51. The molecule has 94 valence electrons.